The monoisotopic (exact) mass is 620 g/mol. The number of phenolic OH excluding ortho intramolecular Hbond substituents is 2. The minimum Gasteiger partial charge on any atom is -0.511 e. The fourth-order valence-corrected chi connectivity index (χ4v) is 5.71. The van der Waals surface area contributed by atoms with Gasteiger partial charge < -0.3 is 25.2 Å². The first kappa shape index (κ1) is 35.4. The summed E-state index contributed by atoms with van der Waals surface area (Å²) in [7, 11) is 0. The predicted octanol–water partition coefficient (Wildman–Crippen LogP) is 8.47. The van der Waals surface area contributed by atoms with Gasteiger partial charge in [-0.15, -0.1) is 0 Å². The number of aromatic hydroxyl groups is 2. The molecule has 0 spiro atoms. The molecule has 1 atom stereocenters. The highest BCUT2D eigenvalue weighted by atomic mass is 16.5. The van der Waals surface area contributed by atoms with Crippen molar-refractivity contribution < 1.29 is 39.5 Å². The lowest BCUT2D eigenvalue weighted by Crippen LogP contribution is -2.39. The number of carbonyl (C=O) groups is 3. The van der Waals surface area contributed by atoms with E-state index in [0.29, 0.717) is 12.8 Å². The molecule has 1 unspecified atom stereocenters. The van der Waals surface area contributed by atoms with Gasteiger partial charge in [0, 0.05) is 30.4 Å². The van der Waals surface area contributed by atoms with Crippen LogP contribution in [0.15, 0.2) is 52.0 Å². The van der Waals surface area contributed by atoms with Crippen molar-refractivity contribution in [2.24, 2.45) is 5.41 Å². The normalized spacial score (nSPS) is 19.4. The Kier molecular flexibility index (Phi) is 11.0. The van der Waals surface area contributed by atoms with E-state index in [9.17, 15) is 34.8 Å². The topological polar surface area (TPSA) is 141 Å². The number of aliphatic hydroxyl groups is 2. The quantitative estimate of drug-likeness (QED) is 0.0977. The molecule has 0 saturated carbocycles. The lowest BCUT2D eigenvalue weighted by Gasteiger charge is -2.35. The zero-order valence-corrected chi connectivity index (χ0v) is 27.9. The third-order valence-electron chi connectivity index (χ3n) is 8.42. The van der Waals surface area contributed by atoms with Crippen molar-refractivity contribution >= 4 is 23.4 Å². The number of rotatable bonds is 13. The second-order valence-corrected chi connectivity index (χ2v) is 13.1. The van der Waals surface area contributed by atoms with Gasteiger partial charge in [0.15, 0.2) is 17.3 Å². The molecule has 45 heavy (non-hydrogen) atoms. The van der Waals surface area contributed by atoms with Gasteiger partial charge in [-0.3, -0.25) is 14.4 Å². The maximum absolute atomic E-state index is 13.9. The molecule has 0 amide bonds. The van der Waals surface area contributed by atoms with Crippen LogP contribution in [0.2, 0.25) is 0 Å². The van der Waals surface area contributed by atoms with Crippen LogP contribution in [0.25, 0.3) is 6.08 Å². The number of fused-ring (bicyclic) bond motifs is 1. The molecular formula is C37H48O8. The molecule has 3 rings (SSSR count). The van der Waals surface area contributed by atoms with E-state index >= 15 is 0 Å². The van der Waals surface area contributed by atoms with Gasteiger partial charge in [-0.1, -0.05) is 37.1 Å². The molecule has 0 aromatic heterocycles. The van der Waals surface area contributed by atoms with Crippen LogP contribution in [-0.2, 0) is 16.0 Å². The lowest BCUT2D eigenvalue weighted by molar-refractivity contribution is -0.127. The summed E-state index contributed by atoms with van der Waals surface area (Å²) in [6, 6.07) is 0. The molecule has 244 valence electrons. The fourth-order valence-electron chi connectivity index (χ4n) is 5.71. The Morgan fingerprint density at radius 3 is 2.11 bits per heavy atom. The molecule has 1 aromatic carbocycles. The second kappa shape index (κ2) is 13.9. The number of ketones is 3. The van der Waals surface area contributed by atoms with Crippen LogP contribution in [0.3, 0.4) is 0 Å². The maximum Gasteiger partial charge on any atom is 0.183 e. The fraction of sp³-hybridized carbons (Fsp3) is 0.486. The molecule has 8 heteroatoms. The smallest absolute Gasteiger partial charge is 0.183 e. The number of allylic oxidation sites excluding steroid dienone is 7. The van der Waals surface area contributed by atoms with Crippen LogP contribution in [-0.4, -0.2) is 43.4 Å². The van der Waals surface area contributed by atoms with Gasteiger partial charge in [-0.05, 0) is 85.8 Å². The van der Waals surface area contributed by atoms with Gasteiger partial charge in [0.25, 0.3) is 0 Å². The van der Waals surface area contributed by atoms with E-state index in [4.69, 9.17) is 4.74 Å². The SMILES string of the molecule is CCCC(=O)C1=C(O)C(Cc2c(O)c(C(=O)CCC)c(O)c3c2OC(C)(C)C=C3)=C(O)C(C)(CC=C(C)CCC=C(C)C)C1=O. The Balaban J connectivity index is 2.27. The molecule has 0 radical (unpaired) electrons. The summed E-state index contributed by atoms with van der Waals surface area (Å²) in [4.78, 5) is 40.3. The number of hydrogen-bond acceptors (Lipinski definition) is 8. The van der Waals surface area contributed by atoms with E-state index in [2.05, 4.69) is 6.08 Å². The number of aliphatic hydroxyl groups excluding tert-OH is 2. The highest BCUT2D eigenvalue weighted by Gasteiger charge is 2.48. The first-order chi connectivity index (χ1) is 21.0. The van der Waals surface area contributed by atoms with Crippen LogP contribution in [0.4, 0.5) is 0 Å². The average molecular weight is 621 g/mol. The summed E-state index contributed by atoms with van der Waals surface area (Å²) in [6.07, 6.45) is 9.57. The molecule has 1 aromatic rings. The standard InChI is InChI=1S/C37H48O8/c1-9-12-26(38)28-30(40)23-17-18-36(6,7)45-33(23)24(31(28)41)20-25-32(42)29(27(39)13-10-2)35(44)37(8,34(25)43)19-16-22(5)15-11-14-21(3)4/h14,16-18,40-43H,9-13,15,19-20H2,1-8H3. The summed E-state index contributed by atoms with van der Waals surface area (Å²) in [6.45, 7) is 14.7. The van der Waals surface area contributed by atoms with Gasteiger partial charge in [0.05, 0.1) is 11.0 Å². The summed E-state index contributed by atoms with van der Waals surface area (Å²) in [5.41, 5.74) is -0.806. The van der Waals surface area contributed by atoms with Crippen LogP contribution in [0, 0.1) is 5.41 Å². The minimum atomic E-state index is -1.58. The number of benzene rings is 1. The molecule has 0 fully saturated rings. The lowest BCUT2D eigenvalue weighted by atomic mass is 9.69. The van der Waals surface area contributed by atoms with Crippen LogP contribution in [0.1, 0.15) is 122 Å². The van der Waals surface area contributed by atoms with Crippen molar-refractivity contribution in [2.45, 2.75) is 112 Å². The third kappa shape index (κ3) is 7.26. The summed E-state index contributed by atoms with van der Waals surface area (Å²) in [5.74, 6) is -3.69. The Bertz CT molecular complexity index is 1540. The molecular weight excluding hydrogens is 572 g/mol. The van der Waals surface area contributed by atoms with Gasteiger partial charge in [-0.25, -0.2) is 0 Å². The number of phenols is 2. The van der Waals surface area contributed by atoms with Gasteiger partial charge in [0.1, 0.15) is 45.5 Å². The summed E-state index contributed by atoms with van der Waals surface area (Å²) < 4.78 is 6.17. The molecule has 4 N–H and O–H groups in total. The summed E-state index contributed by atoms with van der Waals surface area (Å²) >= 11 is 0. The van der Waals surface area contributed by atoms with Crippen LogP contribution < -0.4 is 4.74 Å². The Morgan fingerprint density at radius 2 is 1.51 bits per heavy atom. The van der Waals surface area contributed by atoms with E-state index in [1.165, 1.54) is 5.57 Å². The Labute approximate surface area is 266 Å². The molecule has 0 saturated heterocycles. The van der Waals surface area contributed by atoms with Crippen LogP contribution >= 0.6 is 0 Å². The van der Waals surface area contributed by atoms with Crippen molar-refractivity contribution in [1.29, 1.82) is 0 Å². The predicted molar refractivity (Wildman–Crippen MR) is 176 cm³/mol. The zero-order valence-electron chi connectivity index (χ0n) is 27.9. The van der Waals surface area contributed by atoms with Crippen molar-refractivity contribution in [2.75, 3.05) is 0 Å². The van der Waals surface area contributed by atoms with E-state index in [0.717, 1.165) is 18.4 Å². The van der Waals surface area contributed by atoms with E-state index in [1.807, 2.05) is 26.8 Å². The largest absolute Gasteiger partial charge is 0.511 e. The molecule has 8 nitrogen and oxygen atoms in total. The number of carbonyl (C=O) groups excluding carboxylic acids is 3. The molecule has 1 aliphatic carbocycles. The van der Waals surface area contributed by atoms with Crippen molar-refractivity contribution in [3.63, 3.8) is 0 Å². The molecule has 0 bridgehead atoms. The van der Waals surface area contributed by atoms with Crippen LogP contribution in [0.5, 0.6) is 17.2 Å². The third-order valence-corrected chi connectivity index (χ3v) is 8.42. The van der Waals surface area contributed by atoms with E-state index in [1.54, 1.807) is 46.8 Å². The Morgan fingerprint density at radius 1 is 0.889 bits per heavy atom. The highest BCUT2D eigenvalue weighted by Crippen LogP contribution is 2.50. The second-order valence-electron chi connectivity index (χ2n) is 13.1. The Hall–Kier alpha value is -4.07. The van der Waals surface area contributed by atoms with E-state index < -0.39 is 57.0 Å². The minimum absolute atomic E-state index is 0.0183. The van der Waals surface area contributed by atoms with Gasteiger partial charge in [0.2, 0.25) is 0 Å². The number of ether oxygens (including phenoxy) is 1. The zero-order chi connectivity index (χ0) is 33.9. The first-order valence-corrected chi connectivity index (χ1v) is 15.8. The maximum atomic E-state index is 13.9. The number of hydrogen-bond donors (Lipinski definition) is 4. The first-order valence-electron chi connectivity index (χ1n) is 15.8. The average Bonchev–Trinajstić information content (AvgIpc) is 2.94. The van der Waals surface area contributed by atoms with Crippen molar-refractivity contribution in [3.8, 4) is 17.2 Å². The van der Waals surface area contributed by atoms with E-state index in [-0.39, 0.29) is 53.7 Å². The molecule has 1 heterocycles. The number of Topliss-reactive ketones (excluding diaryl/α,β-unsaturated/α-hetero) is 3. The van der Waals surface area contributed by atoms with Crippen molar-refractivity contribution in [1.82, 2.24) is 0 Å². The molecule has 2 aliphatic rings. The van der Waals surface area contributed by atoms with Gasteiger partial charge >= 0.3 is 0 Å². The highest BCUT2D eigenvalue weighted by molar-refractivity contribution is 6.24. The molecule has 1 aliphatic heterocycles. The summed E-state index contributed by atoms with van der Waals surface area (Å²) in [5, 5.41) is 45.8. The van der Waals surface area contributed by atoms with Crippen molar-refractivity contribution in [3.05, 3.63) is 68.7 Å². The van der Waals surface area contributed by atoms with Gasteiger partial charge in [-0.2, -0.15) is 0 Å².